The van der Waals surface area contributed by atoms with Gasteiger partial charge in [-0.1, -0.05) is 48.5 Å². The van der Waals surface area contributed by atoms with Gasteiger partial charge in [-0.25, -0.2) is 0 Å². The van der Waals surface area contributed by atoms with Gasteiger partial charge in [0.15, 0.2) is 0 Å². The smallest absolute Gasteiger partial charge is 1.00 e. The topological polar surface area (TPSA) is 9.86 Å². The van der Waals surface area contributed by atoms with Crippen LogP contribution in [0.3, 0.4) is 0 Å². The van der Waals surface area contributed by atoms with Crippen LogP contribution in [0.4, 0.5) is 0 Å². The summed E-state index contributed by atoms with van der Waals surface area (Å²) in [7, 11) is 0. The maximum absolute atomic E-state index is 2.50. The molecule has 2 heterocycles. The average Bonchev–Trinajstić information content (AvgIpc) is 3.77. The van der Waals surface area contributed by atoms with Gasteiger partial charge in [0.1, 0.15) is 0 Å². The van der Waals surface area contributed by atoms with Gasteiger partial charge in [0, 0.05) is 22.2 Å². The van der Waals surface area contributed by atoms with Crippen molar-refractivity contribution in [3.05, 3.63) is 144 Å². The fourth-order valence-electron chi connectivity index (χ4n) is 6.95. The third-order valence-corrected chi connectivity index (χ3v) is 8.80. The molecule has 5 heteroatoms. The molecule has 0 aliphatic heterocycles. The summed E-state index contributed by atoms with van der Waals surface area (Å²) < 4.78 is 4.83. The minimum atomic E-state index is 0. The Hall–Kier alpha value is -3.37. The summed E-state index contributed by atoms with van der Waals surface area (Å²) >= 11 is 0. The van der Waals surface area contributed by atoms with Crippen LogP contribution in [0.1, 0.15) is 29.8 Å². The molecule has 0 saturated heterocycles. The molecule has 1 aliphatic rings. The molecule has 6 aromatic carbocycles. The van der Waals surface area contributed by atoms with Crippen molar-refractivity contribution in [1.29, 1.82) is 0 Å². The first kappa shape index (κ1) is 32.0. The summed E-state index contributed by atoms with van der Waals surface area (Å²) in [4.78, 5) is 0. The van der Waals surface area contributed by atoms with E-state index in [0.717, 1.165) is 0 Å². The molecule has 2 nitrogen and oxygen atoms in total. The summed E-state index contributed by atoms with van der Waals surface area (Å²) in [6, 6.07) is 46.0. The predicted molar refractivity (Wildman–Crippen MR) is 174 cm³/mol. The van der Waals surface area contributed by atoms with Crippen molar-refractivity contribution >= 4 is 43.4 Å². The molecule has 9 rings (SSSR count). The molecule has 2 aromatic heterocycles. The summed E-state index contributed by atoms with van der Waals surface area (Å²) in [6.45, 7) is 2.16. The van der Waals surface area contributed by atoms with Gasteiger partial charge < -0.3 is 33.9 Å². The Morgan fingerprint density at radius 1 is 0.545 bits per heavy atom. The number of nitrogens with zero attached hydrogens (tertiary/aromatic N) is 2. The molecule has 216 valence electrons. The van der Waals surface area contributed by atoms with Crippen molar-refractivity contribution in [2.24, 2.45) is 0 Å². The first-order chi connectivity index (χ1) is 20.2. The molecule has 0 unspecified atom stereocenters. The third kappa shape index (κ3) is 5.51. The van der Waals surface area contributed by atoms with Crippen LogP contribution >= 0.6 is 0 Å². The van der Waals surface area contributed by atoms with Gasteiger partial charge in [0.25, 0.3) is 0 Å². The summed E-state index contributed by atoms with van der Waals surface area (Å²) in [5, 5.41) is 8.01. The monoisotopic (exact) mass is 778 g/mol. The van der Waals surface area contributed by atoms with Gasteiger partial charge in [-0.15, -0.1) is 82.2 Å². The van der Waals surface area contributed by atoms with Crippen LogP contribution in [0.2, 0.25) is 0 Å². The number of hydrogen-bond acceptors (Lipinski definition) is 0. The normalized spacial score (nSPS) is 12.2. The number of halogens is 2. The van der Waals surface area contributed by atoms with Gasteiger partial charge >= 0.3 is 25.8 Å². The maximum Gasteiger partial charge on any atom is 4.00 e. The Labute approximate surface area is 289 Å². The standard InChI is InChI=1S/C21H18N.C18H14N.2ClH.Hf/c1-2-8-16-14-17(13-15(16)7-1)22-20-11-5-3-9-18(20)19-10-4-6-12-21(19)22;1-13-10-16-8-4-5-9-18(16)19(13)17-11-14-6-2-3-7-15(14)12-17;;;/h1-3,5,7-9,11,13-14H,4,6,10,12H2;2-12H,1H3;2*1H;/q2*-1;;;+4/p-2. The fraction of sp³-hybridized carbons (Fsp3) is 0.128. The molecule has 44 heavy (non-hydrogen) atoms. The van der Waals surface area contributed by atoms with E-state index in [4.69, 9.17) is 0 Å². The Kier molecular flexibility index (Phi) is 9.70. The Bertz CT molecular complexity index is 2130. The minimum Gasteiger partial charge on any atom is -1.00 e. The van der Waals surface area contributed by atoms with Crippen LogP contribution in [-0.2, 0) is 38.7 Å². The molecule has 8 aromatic rings. The van der Waals surface area contributed by atoms with Gasteiger partial charge in [-0.2, -0.15) is 0 Å². The predicted octanol–water partition coefficient (Wildman–Crippen LogP) is 4.20. The second-order valence-electron chi connectivity index (χ2n) is 11.3. The molecule has 1 aliphatic carbocycles. The van der Waals surface area contributed by atoms with Crippen molar-refractivity contribution in [3.8, 4) is 11.4 Å². The van der Waals surface area contributed by atoms with Crippen LogP contribution < -0.4 is 24.8 Å². The van der Waals surface area contributed by atoms with Crippen molar-refractivity contribution in [1.82, 2.24) is 9.13 Å². The molecule has 0 atom stereocenters. The van der Waals surface area contributed by atoms with E-state index in [1.807, 2.05) is 0 Å². The van der Waals surface area contributed by atoms with Gasteiger partial charge in [-0.05, 0) is 67.7 Å². The van der Waals surface area contributed by atoms with Crippen molar-refractivity contribution < 1.29 is 50.7 Å². The molecular weight excluding hydrogens is 746 g/mol. The molecule has 0 bridgehead atoms. The molecular formula is C39H32Cl2HfN2. The maximum atomic E-state index is 2.50. The third-order valence-electron chi connectivity index (χ3n) is 8.80. The number of aromatic nitrogens is 2. The Morgan fingerprint density at radius 3 is 1.73 bits per heavy atom. The quantitative estimate of drug-likeness (QED) is 0.184. The van der Waals surface area contributed by atoms with Crippen molar-refractivity contribution in [2.75, 3.05) is 0 Å². The average molecular weight is 778 g/mol. The van der Waals surface area contributed by atoms with E-state index in [9.17, 15) is 0 Å². The van der Waals surface area contributed by atoms with Crippen LogP contribution in [-0.4, -0.2) is 9.13 Å². The fourth-order valence-corrected chi connectivity index (χ4v) is 6.95. The number of benzene rings is 4. The van der Waals surface area contributed by atoms with Gasteiger partial charge in [-0.3, -0.25) is 0 Å². The molecule has 0 saturated carbocycles. The zero-order valence-electron chi connectivity index (χ0n) is 24.6. The molecule has 0 spiro atoms. The van der Waals surface area contributed by atoms with E-state index in [2.05, 4.69) is 143 Å². The molecule has 0 radical (unpaired) electrons. The second kappa shape index (κ2) is 13.3. The van der Waals surface area contributed by atoms with E-state index in [-0.39, 0.29) is 50.7 Å². The molecule has 0 N–H and O–H groups in total. The van der Waals surface area contributed by atoms with Crippen LogP contribution in [0.15, 0.2) is 127 Å². The number of para-hydroxylation sites is 2. The van der Waals surface area contributed by atoms with E-state index < -0.39 is 0 Å². The van der Waals surface area contributed by atoms with Crippen molar-refractivity contribution in [2.45, 2.75) is 32.6 Å². The number of fused-ring (bicyclic) bond motifs is 6. The van der Waals surface area contributed by atoms with Crippen molar-refractivity contribution in [3.63, 3.8) is 0 Å². The molecule has 0 fully saturated rings. The Balaban J connectivity index is 0.000000165. The first-order valence-corrected chi connectivity index (χ1v) is 14.7. The van der Waals surface area contributed by atoms with E-state index in [1.54, 1.807) is 5.56 Å². The number of aryl methyl sites for hydroxylation is 2. The zero-order valence-corrected chi connectivity index (χ0v) is 29.7. The van der Waals surface area contributed by atoms with Crippen LogP contribution in [0.25, 0.3) is 54.7 Å². The summed E-state index contributed by atoms with van der Waals surface area (Å²) in [5.41, 5.74) is 9.59. The summed E-state index contributed by atoms with van der Waals surface area (Å²) in [5.74, 6) is 0. The Morgan fingerprint density at radius 2 is 1.07 bits per heavy atom. The van der Waals surface area contributed by atoms with E-state index in [1.165, 1.54) is 91.8 Å². The second-order valence-corrected chi connectivity index (χ2v) is 11.3. The van der Waals surface area contributed by atoms with Gasteiger partial charge in [0.05, 0.1) is 11.0 Å². The number of hydrogen-bond donors (Lipinski definition) is 0. The van der Waals surface area contributed by atoms with Crippen LogP contribution in [0, 0.1) is 6.92 Å². The largest absolute Gasteiger partial charge is 4.00 e. The SMILES string of the molecule is Cc1cc2ccccc2n1-c1cc2ccccc2[cH-]1.[Cl-].[Cl-].[Hf+4].c1ccc2[cH-]c(-n3c4c(c5ccccc53)CCCC4)cc2c1. The zero-order chi connectivity index (χ0) is 27.3. The van der Waals surface area contributed by atoms with Gasteiger partial charge in [0.2, 0.25) is 0 Å². The molecule has 0 amide bonds. The van der Waals surface area contributed by atoms with E-state index in [0.29, 0.717) is 0 Å². The minimum absolute atomic E-state index is 0. The van der Waals surface area contributed by atoms with Crippen LogP contribution in [0.5, 0.6) is 0 Å². The summed E-state index contributed by atoms with van der Waals surface area (Å²) in [6.07, 6.45) is 5.06. The number of rotatable bonds is 2. The first-order valence-electron chi connectivity index (χ1n) is 14.7. The van der Waals surface area contributed by atoms with E-state index >= 15 is 0 Å².